The van der Waals surface area contributed by atoms with E-state index in [-0.39, 0.29) is 24.3 Å². The number of fused-ring (bicyclic) bond motifs is 1. The van der Waals surface area contributed by atoms with Gasteiger partial charge in [0.05, 0.1) is 16.7 Å². The van der Waals surface area contributed by atoms with Crippen molar-refractivity contribution in [3.63, 3.8) is 0 Å². The van der Waals surface area contributed by atoms with E-state index in [0.29, 0.717) is 16.7 Å². The average molecular weight is 469 g/mol. The number of imide groups is 1. The second kappa shape index (κ2) is 10.1. The van der Waals surface area contributed by atoms with Crippen LogP contribution in [0.5, 0.6) is 0 Å². The van der Waals surface area contributed by atoms with Crippen LogP contribution < -0.4 is 5.48 Å². The summed E-state index contributed by atoms with van der Waals surface area (Å²) in [6.45, 7) is 5.71. The number of rotatable bonds is 7. The van der Waals surface area contributed by atoms with Crippen LogP contribution >= 0.6 is 0 Å². The average Bonchev–Trinajstić information content (AvgIpc) is 3.09. The molecule has 1 aliphatic rings. The van der Waals surface area contributed by atoms with Crippen LogP contribution in [0, 0.1) is 0 Å². The molecule has 6 nitrogen and oxygen atoms in total. The molecule has 0 aliphatic carbocycles. The molecule has 1 aliphatic heterocycles. The molecule has 0 aromatic heterocycles. The molecule has 3 aromatic carbocycles. The molecule has 4 rings (SSSR count). The number of hydroxylamine groups is 1. The van der Waals surface area contributed by atoms with Gasteiger partial charge in [0.25, 0.3) is 17.7 Å². The van der Waals surface area contributed by atoms with Gasteiger partial charge >= 0.3 is 0 Å². The maximum absolute atomic E-state index is 13.3. The molecule has 1 heterocycles. The maximum Gasteiger partial charge on any atom is 0.267 e. The molecule has 0 atom stereocenters. The van der Waals surface area contributed by atoms with Crippen LogP contribution in [0.4, 0.5) is 0 Å². The van der Waals surface area contributed by atoms with Crippen LogP contribution in [0.15, 0.2) is 84.9 Å². The lowest BCUT2D eigenvalue weighted by Gasteiger charge is -2.23. The Labute approximate surface area is 205 Å². The van der Waals surface area contributed by atoms with Gasteiger partial charge in [0.15, 0.2) is 0 Å². The summed E-state index contributed by atoms with van der Waals surface area (Å²) in [7, 11) is 0. The van der Waals surface area contributed by atoms with Crippen molar-refractivity contribution in [2.45, 2.75) is 32.3 Å². The van der Waals surface area contributed by atoms with Gasteiger partial charge < -0.3 is 0 Å². The molecule has 3 amide bonds. The zero-order chi connectivity index (χ0) is 25.0. The largest absolute Gasteiger partial charge is 0.273 e. The predicted molar refractivity (Wildman–Crippen MR) is 135 cm³/mol. The Hall–Kier alpha value is -4.03. The number of carbonyl (C=O) groups excluding carboxylic acids is 3. The summed E-state index contributed by atoms with van der Waals surface area (Å²) in [6.07, 6.45) is 2.91. The monoisotopic (exact) mass is 468 g/mol. The van der Waals surface area contributed by atoms with Crippen molar-refractivity contribution in [2.24, 2.45) is 0 Å². The molecule has 1 N–H and O–H groups in total. The minimum Gasteiger partial charge on any atom is -0.273 e. The van der Waals surface area contributed by atoms with Crippen molar-refractivity contribution >= 4 is 23.8 Å². The van der Waals surface area contributed by atoms with E-state index in [4.69, 9.17) is 4.84 Å². The van der Waals surface area contributed by atoms with Crippen LogP contribution in [-0.4, -0.2) is 34.8 Å². The van der Waals surface area contributed by atoms with E-state index in [1.807, 2.05) is 81.4 Å². The van der Waals surface area contributed by atoms with E-state index in [1.165, 1.54) is 11.0 Å². The van der Waals surface area contributed by atoms with E-state index in [0.717, 1.165) is 11.1 Å². The Morgan fingerprint density at radius 3 is 2.03 bits per heavy atom. The summed E-state index contributed by atoms with van der Waals surface area (Å²) < 4.78 is 0. The van der Waals surface area contributed by atoms with Crippen molar-refractivity contribution in [1.29, 1.82) is 0 Å². The second-order valence-corrected chi connectivity index (χ2v) is 9.41. The molecule has 0 bridgehead atoms. The number of hydrogen-bond donors (Lipinski definition) is 1. The van der Waals surface area contributed by atoms with Crippen LogP contribution in [-0.2, 0) is 9.63 Å². The number of nitrogens with zero attached hydrogens (tertiary/aromatic N) is 1. The molecule has 178 valence electrons. The third kappa shape index (κ3) is 5.73. The molecule has 0 saturated carbocycles. The summed E-state index contributed by atoms with van der Waals surface area (Å²) in [6, 6.07) is 24.7. The first-order valence-corrected chi connectivity index (χ1v) is 11.5. The first-order valence-electron chi connectivity index (χ1n) is 11.5. The predicted octanol–water partition coefficient (Wildman–Crippen LogP) is 4.97. The zero-order valence-corrected chi connectivity index (χ0v) is 20.0. The highest BCUT2D eigenvalue weighted by atomic mass is 16.7. The molecule has 6 heteroatoms. The Kier molecular flexibility index (Phi) is 6.94. The summed E-state index contributed by atoms with van der Waals surface area (Å²) in [5.74, 6) is -1.21. The van der Waals surface area contributed by atoms with Crippen molar-refractivity contribution in [2.75, 3.05) is 6.54 Å². The van der Waals surface area contributed by atoms with Crippen LogP contribution in [0.2, 0.25) is 0 Å². The van der Waals surface area contributed by atoms with Gasteiger partial charge in [-0.2, -0.15) is 0 Å². The lowest BCUT2D eigenvalue weighted by Crippen LogP contribution is -2.34. The Balaban J connectivity index is 1.54. The molecular formula is C29H28N2O4. The van der Waals surface area contributed by atoms with Crippen LogP contribution in [0.1, 0.15) is 64.1 Å². The highest BCUT2D eigenvalue weighted by Crippen LogP contribution is 2.31. The molecule has 0 spiro atoms. The minimum atomic E-state index is -0.509. The fourth-order valence-electron chi connectivity index (χ4n) is 3.94. The Morgan fingerprint density at radius 2 is 1.46 bits per heavy atom. The smallest absolute Gasteiger partial charge is 0.267 e. The molecule has 0 fully saturated rings. The van der Waals surface area contributed by atoms with E-state index in [9.17, 15) is 14.4 Å². The topological polar surface area (TPSA) is 75.7 Å². The summed E-state index contributed by atoms with van der Waals surface area (Å²) in [5, 5.41) is 0. The number of carbonyl (C=O) groups is 3. The number of nitrogens with one attached hydrogen (secondary N) is 1. The molecule has 3 aromatic rings. The van der Waals surface area contributed by atoms with Crippen molar-refractivity contribution in [3.05, 3.63) is 113 Å². The summed E-state index contributed by atoms with van der Waals surface area (Å²) in [4.78, 5) is 45.0. The summed E-state index contributed by atoms with van der Waals surface area (Å²) in [5.41, 5.74) is 5.26. The third-order valence-corrected chi connectivity index (χ3v) is 5.65. The van der Waals surface area contributed by atoms with E-state index in [1.54, 1.807) is 24.3 Å². The van der Waals surface area contributed by atoms with Gasteiger partial charge in [0.2, 0.25) is 0 Å². The molecule has 0 radical (unpaired) electrons. The quantitative estimate of drug-likeness (QED) is 0.302. The Bertz CT molecular complexity index is 1220. The standard InChI is InChI=1S/C29H28N2O4/c1-29(2,3)35-30-26(32)17-15-20-14-16-23-24(18-20)28(34)31(27(23)33)19-25(21-10-6-4-7-11-21)22-12-8-5-9-13-22/h4-18,25H,19H2,1-3H3,(H,30,32)/b17-15+. The Morgan fingerprint density at radius 1 is 0.886 bits per heavy atom. The normalized spacial score (nSPS) is 13.5. The number of hydrogen-bond acceptors (Lipinski definition) is 4. The van der Waals surface area contributed by atoms with Crippen LogP contribution in [0.3, 0.4) is 0 Å². The molecule has 0 saturated heterocycles. The lowest BCUT2D eigenvalue weighted by molar-refractivity contribution is -0.140. The van der Waals surface area contributed by atoms with Crippen molar-refractivity contribution < 1.29 is 19.2 Å². The molecular weight excluding hydrogens is 440 g/mol. The number of benzene rings is 3. The fraction of sp³-hybridized carbons (Fsp3) is 0.207. The van der Waals surface area contributed by atoms with Gasteiger partial charge in [-0.25, -0.2) is 5.48 Å². The second-order valence-electron chi connectivity index (χ2n) is 9.41. The number of amides is 3. The van der Waals surface area contributed by atoms with Gasteiger partial charge in [-0.3, -0.25) is 24.1 Å². The highest BCUT2D eigenvalue weighted by molar-refractivity contribution is 6.21. The van der Waals surface area contributed by atoms with Gasteiger partial charge in [0.1, 0.15) is 0 Å². The van der Waals surface area contributed by atoms with Gasteiger partial charge in [-0.05, 0) is 55.7 Å². The first kappa shape index (κ1) is 24.1. The fourth-order valence-corrected chi connectivity index (χ4v) is 3.94. The van der Waals surface area contributed by atoms with Crippen molar-refractivity contribution in [3.8, 4) is 0 Å². The maximum atomic E-state index is 13.3. The minimum absolute atomic E-state index is 0.148. The lowest BCUT2D eigenvalue weighted by atomic mass is 9.91. The van der Waals surface area contributed by atoms with Gasteiger partial charge in [0, 0.05) is 18.5 Å². The van der Waals surface area contributed by atoms with Crippen LogP contribution in [0.25, 0.3) is 6.08 Å². The van der Waals surface area contributed by atoms with Gasteiger partial charge in [-0.1, -0.05) is 66.7 Å². The van der Waals surface area contributed by atoms with Crippen molar-refractivity contribution in [1.82, 2.24) is 10.4 Å². The van der Waals surface area contributed by atoms with Gasteiger partial charge in [-0.15, -0.1) is 0 Å². The van der Waals surface area contributed by atoms with E-state index in [2.05, 4.69) is 5.48 Å². The zero-order valence-electron chi connectivity index (χ0n) is 20.0. The molecule has 0 unspecified atom stereocenters. The summed E-state index contributed by atoms with van der Waals surface area (Å²) >= 11 is 0. The molecule has 35 heavy (non-hydrogen) atoms. The van der Waals surface area contributed by atoms with E-state index >= 15 is 0 Å². The highest BCUT2D eigenvalue weighted by Gasteiger charge is 2.37. The SMILES string of the molecule is CC(C)(C)ONC(=O)/C=C/c1ccc2c(c1)C(=O)N(CC(c1ccccc1)c1ccccc1)C2=O. The van der Waals surface area contributed by atoms with E-state index < -0.39 is 11.5 Å². The first-order chi connectivity index (χ1) is 16.7. The third-order valence-electron chi connectivity index (χ3n) is 5.65.